The molecular formula is C20H18ClNO3S. The van der Waals surface area contributed by atoms with Crippen LogP contribution in [0.5, 0.6) is 0 Å². The first kappa shape index (κ1) is 18.4. The number of rotatable bonds is 5. The Morgan fingerprint density at radius 1 is 1.12 bits per heavy atom. The first-order chi connectivity index (χ1) is 12.5. The van der Waals surface area contributed by atoms with E-state index in [4.69, 9.17) is 16.3 Å². The van der Waals surface area contributed by atoms with Gasteiger partial charge in [-0.25, -0.2) is 4.79 Å². The smallest absolute Gasteiger partial charge is 0.350 e. The maximum Gasteiger partial charge on any atom is 0.350 e. The maximum absolute atomic E-state index is 12.3. The zero-order chi connectivity index (χ0) is 18.7. The summed E-state index contributed by atoms with van der Waals surface area (Å²) in [6.07, 6.45) is 0. The van der Waals surface area contributed by atoms with Crippen molar-refractivity contribution in [1.82, 2.24) is 0 Å². The van der Waals surface area contributed by atoms with Crippen LogP contribution in [0.15, 0.2) is 48.5 Å². The molecule has 6 heteroatoms. The van der Waals surface area contributed by atoms with Crippen LogP contribution in [0.4, 0.5) is 5.69 Å². The molecule has 134 valence electrons. The van der Waals surface area contributed by atoms with Gasteiger partial charge in [-0.15, -0.1) is 11.3 Å². The number of hydrogen-bond acceptors (Lipinski definition) is 4. The van der Waals surface area contributed by atoms with Gasteiger partial charge >= 0.3 is 5.97 Å². The molecule has 0 fully saturated rings. The summed E-state index contributed by atoms with van der Waals surface area (Å²) in [4.78, 5) is 24.8. The van der Waals surface area contributed by atoms with Crippen LogP contribution in [0.1, 0.15) is 35.0 Å². The highest BCUT2D eigenvalue weighted by molar-refractivity contribution is 7.21. The zero-order valence-corrected chi connectivity index (χ0v) is 16.0. The van der Waals surface area contributed by atoms with Crippen molar-refractivity contribution in [3.8, 4) is 0 Å². The van der Waals surface area contributed by atoms with Crippen molar-refractivity contribution < 1.29 is 14.3 Å². The van der Waals surface area contributed by atoms with E-state index in [1.54, 1.807) is 0 Å². The lowest BCUT2D eigenvalue weighted by Crippen LogP contribution is -2.21. The molecule has 4 nitrogen and oxygen atoms in total. The third-order valence-electron chi connectivity index (χ3n) is 3.91. The fraction of sp³-hybridized carbons (Fsp3) is 0.200. The first-order valence-electron chi connectivity index (χ1n) is 8.20. The predicted octanol–water partition coefficient (Wildman–Crippen LogP) is 5.47. The van der Waals surface area contributed by atoms with Crippen LogP contribution >= 0.6 is 22.9 Å². The highest BCUT2D eigenvalue weighted by Crippen LogP contribution is 2.35. The molecule has 3 rings (SSSR count). The van der Waals surface area contributed by atoms with E-state index in [9.17, 15) is 9.59 Å². The lowest BCUT2D eigenvalue weighted by Gasteiger charge is -2.13. The van der Waals surface area contributed by atoms with Gasteiger partial charge < -0.3 is 10.1 Å². The molecule has 0 radical (unpaired) electrons. The van der Waals surface area contributed by atoms with E-state index >= 15 is 0 Å². The van der Waals surface area contributed by atoms with Crippen LogP contribution in [0.25, 0.3) is 10.1 Å². The van der Waals surface area contributed by atoms with Gasteiger partial charge in [-0.2, -0.15) is 0 Å². The van der Waals surface area contributed by atoms with Crippen molar-refractivity contribution in [1.29, 1.82) is 0 Å². The number of carbonyl (C=O) groups is 2. The van der Waals surface area contributed by atoms with E-state index in [1.165, 1.54) is 11.3 Å². The normalized spacial score (nSPS) is 10.9. The molecule has 0 spiro atoms. The topological polar surface area (TPSA) is 55.4 Å². The number of halogens is 1. The van der Waals surface area contributed by atoms with Gasteiger partial charge in [-0.05, 0) is 23.6 Å². The molecular weight excluding hydrogens is 370 g/mol. The molecule has 0 bridgehead atoms. The van der Waals surface area contributed by atoms with Crippen molar-refractivity contribution in [2.45, 2.75) is 19.8 Å². The summed E-state index contributed by atoms with van der Waals surface area (Å²) in [5.41, 5.74) is 1.75. The number of thiophene rings is 1. The Bertz CT molecular complexity index is 965. The first-order valence-corrected chi connectivity index (χ1v) is 9.39. The molecule has 1 aromatic heterocycles. The quantitative estimate of drug-likeness (QED) is 0.590. The predicted molar refractivity (Wildman–Crippen MR) is 106 cm³/mol. The summed E-state index contributed by atoms with van der Waals surface area (Å²) in [5.74, 6) is -0.710. The van der Waals surface area contributed by atoms with Gasteiger partial charge in [0, 0.05) is 15.8 Å². The number of fused-ring (bicyclic) bond motifs is 1. The van der Waals surface area contributed by atoms with Crippen LogP contribution in [0.2, 0.25) is 5.02 Å². The highest BCUT2D eigenvalue weighted by atomic mass is 35.5. The van der Waals surface area contributed by atoms with E-state index in [1.807, 2.05) is 48.5 Å². The number of amides is 1. The number of carbonyl (C=O) groups excluding carboxylic acids is 2. The third-order valence-corrected chi connectivity index (χ3v) is 5.57. The minimum atomic E-state index is -0.594. The Kier molecular flexibility index (Phi) is 5.59. The van der Waals surface area contributed by atoms with Crippen molar-refractivity contribution in [2.24, 2.45) is 0 Å². The summed E-state index contributed by atoms with van der Waals surface area (Å²) < 4.78 is 6.05. The largest absolute Gasteiger partial charge is 0.451 e. The molecule has 2 aromatic carbocycles. The van der Waals surface area contributed by atoms with E-state index in [0.29, 0.717) is 9.90 Å². The molecule has 0 aliphatic carbocycles. The third kappa shape index (κ3) is 3.89. The van der Waals surface area contributed by atoms with Gasteiger partial charge in [0.1, 0.15) is 4.88 Å². The standard InChI is InChI=1S/C20H18ClNO3S/c1-12(2)13-7-3-5-9-15(13)22-17(23)11-25-20(24)19-18(21)14-8-4-6-10-16(14)26-19/h3-10,12H,11H2,1-2H3,(H,22,23). The second-order valence-corrected chi connectivity index (χ2v) is 7.54. The molecule has 0 unspecified atom stereocenters. The fourth-order valence-corrected chi connectivity index (χ4v) is 4.04. The number of benzene rings is 2. The molecule has 0 aliphatic heterocycles. The molecule has 0 saturated heterocycles. The fourth-order valence-electron chi connectivity index (χ4n) is 2.64. The molecule has 3 aromatic rings. The summed E-state index contributed by atoms with van der Waals surface area (Å²) >= 11 is 7.52. The Morgan fingerprint density at radius 2 is 1.81 bits per heavy atom. The Hall–Kier alpha value is -2.37. The van der Waals surface area contributed by atoms with Gasteiger partial charge in [0.25, 0.3) is 5.91 Å². The van der Waals surface area contributed by atoms with Crippen LogP contribution in [-0.2, 0) is 9.53 Å². The molecule has 1 N–H and O–H groups in total. The van der Waals surface area contributed by atoms with Crippen LogP contribution in [-0.4, -0.2) is 18.5 Å². The minimum absolute atomic E-state index is 0.270. The Morgan fingerprint density at radius 3 is 2.54 bits per heavy atom. The zero-order valence-electron chi connectivity index (χ0n) is 14.4. The number of esters is 1. The summed E-state index contributed by atoms with van der Waals surface area (Å²) in [5, 5.41) is 3.96. The number of para-hydroxylation sites is 1. The molecule has 26 heavy (non-hydrogen) atoms. The van der Waals surface area contributed by atoms with Gasteiger partial charge in [0.2, 0.25) is 0 Å². The van der Waals surface area contributed by atoms with Crippen LogP contribution in [0, 0.1) is 0 Å². The van der Waals surface area contributed by atoms with E-state index in [2.05, 4.69) is 19.2 Å². The highest BCUT2D eigenvalue weighted by Gasteiger charge is 2.19. The van der Waals surface area contributed by atoms with Crippen LogP contribution < -0.4 is 5.32 Å². The van der Waals surface area contributed by atoms with Gasteiger partial charge in [0.15, 0.2) is 6.61 Å². The monoisotopic (exact) mass is 387 g/mol. The lowest BCUT2D eigenvalue weighted by molar-refractivity contribution is -0.119. The molecule has 1 heterocycles. The average molecular weight is 388 g/mol. The minimum Gasteiger partial charge on any atom is -0.451 e. The van der Waals surface area contributed by atoms with Gasteiger partial charge in [0.05, 0.1) is 5.02 Å². The van der Waals surface area contributed by atoms with E-state index in [-0.39, 0.29) is 18.4 Å². The van der Waals surface area contributed by atoms with E-state index < -0.39 is 5.97 Å². The van der Waals surface area contributed by atoms with Crippen molar-refractivity contribution >= 4 is 50.6 Å². The van der Waals surface area contributed by atoms with Crippen molar-refractivity contribution in [2.75, 3.05) is 11.9 Å². The van der Waals surface area contributed by atoms with Crippen molar-refractivity contribution in [3.05, 3.63) is 64.0 Å². The molecule has 0 aliphatic rings. The van der Waals surface area contributed by atoms with E-state index in [0.717, 1.165) is 21.3 Å². The summed E-state index contributed by atoms with van der Waals surface area (Å²) in [6, 6.07) is 15.0. The Labute approximate surface area is 160 Å². The summed E-state index contributed by atoms with van der Waals surface area (Å²) in [6.45, 7) is 3.73. The lowest BCUT2D eigenvalue weighted by atomic mass is 10.0. The number of nitrogens with one attached hydrogen (secondary N) is 1. The van der Waals surface area contributed by atoms with Gasteiger partial charge in [-0.3, -0.25) is 4.79 Å². The average Bonchev–Trinajstić information content (AvgIpc) is 2.97. The van der Waals surface area contributed by atoms with Crippen LogP contribution in [0.3, 0.4) is 0 Å². The van der Waals surface area contributed by atoms with Gasteiger partial charge in [-0.1, -0.05) is 61.8 Å². The molecule has 0 atom stereocenters. The summed E-state index contributed by atoms with van der Waals surface area (Å²) in [7, 11) is 0. The molecule has 0 saturated carbocycles. The number of anilines is 1. The number of ether oxygens (including phenoxy) is 1. The maximum atomic E-state index is 12.3. The SMILES string of the molecule is CC(C)c1ccccc1NC(=O)COC(=O)c1sc2ccccc2c1Cl. The van der Waals surface area contributed by atoms with Crippen molar-refractivity contribution in [3.63, 3.8) is 0 Å². The second-order valence-electron chi connectivity index (χ2n) is 6.11. The Balaban J connectivity index is 1.66. The molecule has 1 amide bonds. The number of hydrogen-bond donors (Lipinski definition) is 1. The second kappa shape index (κ2) is 7.89.